The molecule has 200 valence electrons. The number of benzene rings is 2. The first-order chi connectivity index (χ1) is 18.8. The van der Waals surface area contributed by atoms with Gasteiger partial charge in [0.2, 0.25) is 0 Å². The fraction of sp³-hybridized carbons (Fsp3) is 0.233. The largest absolute Gasteiger partial charge is 0.449 e. The Morgan fingerprint density at radius 3 is 2.36 bits per heavy atom. The maximum absolute atomic E-state index is 14.0. The van der Waals surface area contributed by atoms with Crippen LogP contribution in [0.25, 0.3) is 11.1 Å². The average Bonchev–Trinajstić information content (AvgIpc) is 3.25. The second-order valence-electron chi connectivity index (χ2n) is 9.42. The van der Waals surface area contributed by atoms with Gasteiger partial charge in [-0.15, -0.1) is 0 Å². The molecule has 1 aromatic heterocycles. The number of fused-ring (bicyclic) bond motifs is 3. The molecule has 3 aromatic rings. The molecule has 1 amide bonds. The Morgan fingerprint density at radius 1 is 1.05 bits per heavy atom. The maximum Gasteiger partial charge on any atom is 0.417 e. The van der Waals surface area contributed by atoms with Gasteiger partial charge in [0.1, 0.15) is 11.6 Å². The molecule has 2 aliphatic carbocycles. The Bertz CT molecular complexity index is 1420. The van der Waals surface area contributed by atoms with Crippen molar-refractivity contribution in [3.8, 4) is 11.1 Å². The number of nitrogens with zero attached hydrogens (tertiary/aromatic N) is 1. The number of alkyl carbamates (subject to hydrolysis) is 1. The van der Waals surface area contributed by atoms with Crippen LogP contribution in [-0.2, 0) is 4.74 Å². The van der Waals surface area contributed by atoms with Gasteiger partial charge in [0.05, 0.1) is 5.57 Å². The number of carbonyl (C=O) groups is 2. The van der Waals surface area contributed by atoms with Crippen molar-refractivity contribution in [3.05, 3.63) is 106 Å². The first-order valence-electron chi connectivity index (χ1n) is 12.4. The summed E-state index contributed by atoms with van der Waals surface area (Å²) in [5, 5.41) is 2.85. The fourth-order valence-electron chi connectivity index (χ4n) is 5.07. The number of ether oxygens (including phenoxy) is 1. The number of allylic oxidation sites excluding steroid dienone is 3. The van der Waals surface area contributed by atoms with E-state index >= 15 is 0 Å². The molecule has 5 nitrogen and oxygen atoms in total. The molecule has 39 heavy (non-hydrogen) atoms. The number of nitrogens with one attached hydrogen (secondary N) is 1. The third-order valence-electron chi connectivity index (χ3n) is 7.05. The molecule has 0 aliphatic heterocycles. The van der Waals surface area contributed by atoms with Gasteiger partial charge in [-0.1, -0.05) is 79.4 Å². The second kappa shape index (κ2) is 11.1. The van der Waals surface area contributed by atoms with Crippen molar-refractivity contribution in [2.45, 2.75) is 24.0 Å². The van der Waals surface area contributed by atoms with E-state index in [1.807, 2.05) is 48.5 Å². The second-order valence-corrected chi connectivity index (χ2v) is 10.5. The van der Waals surface area contributed by atoms with E-state index in [1.54, 1.807) is 13.0 Å². The lowest BCUT2D eigenvalue weighted by Crippen LogP contribution is -2.35. The summed E-state index contributed by atoms with van der Waals surface area (Å²) in [6, 6.07) is 19.0. The molecule has 1 N–H and O–H groups in total. The number of hydrogen-bond acceptors (Lipinski definition) is 5. The van der Waals surface area contributed by atoms with Crippen molar-refractivity contribution in [1.29, 1.82) is 0 Å². The zero-order valence-electron chi connectivity index (χ0n) is 20.9. The summed E-state index contributed by atoms with van der Waals surface area (Å²) in [4.78, 5) is 28.3. The van der Waals surface area contributed by atoms with Crippen LogP contribution in [-0.4, -0.2) is 36.7 Å². The first-order valence-corrected chi connectivity index (χ1v) is 13.3. The van der Waals surface area contributed by atoms with Crippen molar-refractivity contribution >= 4 is 24.1 Å². The van der Waals surface area contributed by atoms with Gasteiger partial charge >= 0.3 is 12.3 Å². The van der Waals surface area contributed by atoms with Crippen molar-refractivity contribution < 1.29 is 27.5 Å². The first kappa shape index (κ1) is 26.7. The highest BCUT2D eigenvalue weighted by molar-refractivity contribution is 8.03. The number of hydrogen-bond donors (Lipinski definition) is 1. The number of thioether (sulfide) groups is 1. The fourth-order valence-corrected chi connectivity index (χ4v) is 6.37. The van der Waals surface area contributed by atoms with Gasteiger partial charge in [0, 0.05) is 35.0 Å². The number of halogens is 3. The van der Waals surface area contributed by atoms with Crippen LogP contribution in [0.5, 0.6) is 0 Å². The van der Waals surface area contributed by atoms with Gasteiger partial charge < -0.3 is 10.1 Å². The summed E-state index contributed by atoms with van der Waals surface area (Å²) in [6.45, 7) is 1.81. The zero-order valence-corrected chi connectivity index (χ0v) is 21.8. The predicted molar refractivity (Wildman–Crippen MR) is 143 cm³/mol. The summed E-state index contributed by atoms with van der Waals surface area (Å²) in [5.74, 6) is -1.14. The van der Waals surface area contributed by atoms with Crippen LogP contribution in [0.15, 0.2) is 94.5 Å². The maximum atomic E-state index is 14.0. The smallest absolute Gasteiger partial charge is 0.417 e. The summed E-state index contributed by atoms with van der Waals surface area (Å²) >= 11 is 0.806. The molecule has 0 spiro atoms. The predicted octanol–water partition coefficient (Wildman–Crippen LogP) is 7.16. The third kappa shape index (κ3) is 5.49. The van der Waals surface area contributed by atoms with Crippen LogP contribution in [0.3, 0.4) is 0 Å². The van der Waals surface area contributed by atoms with E-state index < -0.39 is 23.8 Å². The number of rotatable bonds is 7. The van der Waals surface area contributed by atoms with Crippen LogP contribution < -0.4 is 5.32 Å². The molecule has 2 aromatic carbocycles. The van der Waals surface area contributed by atoms with Gasteiger partial charge in [-0.05, 0) is 40.3 Å². The summed E-state index contributed by atoms with van der Waals surface area (Å²) < 4.78 is 47.5. The summed E-state index contributed by atoms with van der Waals surface area (Å²) in [7, 11) is 0. The van der Waals surface area contributed by atoms with E-state index in [-0.39, 0.29) is 40.5 Å². The Balaban J connectivity index is 1.31. The SMILES string of the molecule is CC1C=CC(C(F)(F)F)=C(Sc2ncccc2C=O)C1CNC(=O)OCC1c2ccccc2-c2ccccc21. The highest BCUT2D eigenvalue weighted by Crippen LogP contribution is 2.46. The minimum absolute atomic E-state index is 0.00162. The standard InChI is InChI=1S/C30H25F3N2O3S/c1-18-12-13-26(30(31,32)33)27(39-28-19(16-36)7-6-14-34-28)24(18)15-35-29(37)38-17-25-22-10-4-2-8-20(22)21-9-3-5-11-23(21)25/h2-14,16,18,24-25H,15,17H2,1H3,(H,35,37). The number of pyridine rings is 1. The van der Waals surface area contributed by atoms with E-state index in [2.05, 4.69) is 10.3 Å². The van der Waals surface area contributed by atoms with Gasteiger partial charge in [-0.25, -0.2) is 9.78 Å². The van der Waals surface area contributed by atoms with Gasteiger partial charge in [0.25, 0.3) is 0 Å². The van der Waals surface area contributed by atoms with Gasteiger partial charge in [0.15, 0.2) is 6.29 Å². The molecule has 2 atom stereocenters. The van der Waals surface area contributed by atoms with Crippen molar-refractivity contribution in [2.75, 3.05) is 13.2 Å². The van der Waals surface area contributed by atoms with E-state index in [0.717, 1.165) is 40.1 Å². The van der Waals surface area contributed by atoms with Crippen LogP contribution in [0.4, 0.5) is 18.0 Å². The average molecular weight is 551 g/mol. The Hall–Kier alpha value is -3.85. The minimum Gasteiger partial charge on any atom is -0.449 e. The van der Waals surface area contributed by atoms with Crippen molar-refractivity contribution in [1.82, 2.24) is 10.3 Å². The number of alkyl halides is 3. The molecule has 0 radical (unpaired) electrons. The van der Waals surface area contributed by atoms with Gasteiger partial charge in [-0.2, -0.15) is 13.2 Å². The Labute approximate surface area is 228 Å². The van der Waals surface area contributed by atoms with Crippen LogP contribution in [0, 0.1) is 11.8 Å². The number of aldehydes is 1. The molecular weight excluding hydrogens is 525 g/mol. The third-order valence-corrected chi connectivity index (χ3v) is 8.33. The Kier molecular flexibility index (Phi) is 7.61. The molecule has 2 aliphatic rings. The number of amides is 1. The molecule has 0 saturated carbocycles. The number of carbonyl (C=O) groups excluding carboxylic acids is 2. The normalized spacial score (nSPS) is 18.5. The lowest BCUT2D eigenvalue weighted by Gasteiger charge is -2.30. The molecule has 2 unspecified atom stereocenters. The van der Waals surface area contributed by atoms with E-state index in [0.29, 0.717) is 6.29 Å². The quantitative estimate of drug-likeness (QED) is 0.316. The zero-order chi connectivity index (χ0) is 27.6. The van der Waals surface area contributed by atoms with E-state index in [1.165, 1.54) is 18.3 Å². The monoisotopic (exact) mass is 550 g/mol. The molecule has 0 bridgehead atoms. The highest BCUT2D eigenvalue weighted by atomic mass is 32.2. The summed E-state index contributed by atoms with van der Waals surface area (Å²) in [6.07, 6.45) is -0.791. The van der Waals surface area contributed by atoms with E-state index in [9.17, 15) is 22.8 Å². The molecule has 0 saturated heterocycles. The van der Waals surface area contributed by atoms with E-state index in [4.69, 9.17) is 4.74 Å². The van der Waals surface area contributed by atoms with Crippen LogP contribution in [0.1, 0.15) is 34.3 Å². The molecular formula is C30H25F3N2O3S. The van der Waals surface area contributed by atoms with Crippen molar-refractivity contribution in [2.24, 2.45) is 11.8 Å². The topological polar surface area (TPSA) is 68.3 Å². The molecule has 1 heterocycles. The Morgan fingerprint density at radius 2 is 1.72 bits per heavy atom. The molecule has 9 heteroatoms. The van der Waals surface area contributed by atoms with Crippen molar-refractivity contribution in [3.63, 3.8) is 0 Å². The van der Waals surface area contributed by atoms with Gasteiger partial charge in [-0.3, -0.25) is 4.79 Å². The minimum atomic E-state index is -4.61. The number of aromatic nitrogens is 1. The lowest BCUT2D eigenvalue weighted by molar-refractivity contribution is -0.0893. The molecule has 5 rings (SSSR count). The van der Waals surface area contributed by atoms with Crippen LogP contribution in [0.2, 0.25) is 0 Å². The highest BCUT2D eigenvalue weighted by Gasteiger charge is 2.40. The lowest BCUT2D eigenvalue weighted by atomic mass is 9.86. The van der Waals surface area contributed by atoms with Crippen LogP contribution >= 0.6 is 11.8 Å². The molecule has 0 fully saturated rings. The summed E-state index contributed by atoms with van der Waals surface area (Å²) in [5.41, 5.74) is 3.71.